The molecule has 0 radical (unpaired) electrons. The van der Waals surface area contributed by atoms with Crippen LogP contribution in [0.2, 0.25) is 0 Å². The molecule has 0 unspecified atom stereocenters. The molecular weight excluding hydrogens is 580 g/mol. The number of rotatable bonds is 12. The lowest BCUT2D eigenvalue weighted by atomic mass is 9.95. The van der Waals surface area contributed by atoms with Crippen molar-refractivity contribution in [2.24, 2.45) is 11.5 Å². The first kappa shape index (κ1) is 35.2. The van der Waals surface area contributed by atoms with Gasteiger partial charge in [-0.2, -0.15) is 0 Å². The van der Waals surface area contributed by atoms with Crippen molar-refractivity contribution in [3.05, 3.63) is 47.5 Å². The van der Waals surface area contributed by atoms with Crippen LogP contribution in [0.1, 0.15) is 30.4 Å². The summed E-state index contributed by atoms with van der Waals surface area (Å²) in [7, 11) is 3.39. The molecule has 2 aromatic carbocycles. The fourth-order valence-corrected chi connectivity index (χ4v) is 5.15. The van der Waals surface area contributed by atoms with E-state index < -0.39 is 47.8 Å². The highest BCUT2D eigenvalue weighted by molar-refractivity contribution is 5.95. The summed E-state index contributed by atoms with van der Waals surface area (Å²) >= 11 is 0. The predicted molar refractivity (Wildman–Crippen MR) is 170 cm³/mol. The van der Waals surface area contributed by atoms with Gasteiger partial charge >= 0.3 is 0 Å². The Morgan fingerprint density at radius 1 is 0.911 bits per heavy atom. The van der Waals surface area contributed by atoms with E-state index in [-0.39, 0.29) is 56.8 Å². The van der Waals surface area contributed by atoms with Gasteiger partial charge < -0.3 is 53.6 Å². The van der Waals surface area contributed by atoms with Crippen LogP contribution in [-0.2, 0) is 32.0 Å². The second-order valence-corrected chi connectivity index (χ2v) is 11.0. The third-order valence-electron chi connectivity index (χ3n) is 7.72. The molecule has 1 aliphatic heterocycles. The van der Waals surface area contributed by atoms with Gasteiger partial charge in [0.2, 0.25) is 23.6 Å². The van der Waals surface area contributed by atoms with E-state index in [1.807, 2.05) is 0 Å². The first-order valence-corrected chi connectivity index (χ1v) is 15.2. The van der Waals surface area contributed by atoms with Crippen LogP contribution < -0.4 is 43.4 Å². The van der Waals surface area contributed by atoms with Gasteiger partial charge in [-0.15, -0.1) is 0 Å². The van der Waals surface area contributed by atoms with Gasteiger partial charge in [-0.1, -0.05) is 12.1 Å². The third kappa shape index (κ3) is 9.88. The summed E-state index contributed by atoms with van der Waals surface area (Å²) in [6.07, 6.45) is 0.958. The first-order chi connectivity index (χ1) is 21.6. The Balaban J connectivity index is 2.08. The maximum Gasteiger partial charge on any atom is 0.243 e. The van der Waals surface area contributed by atoms with Crippen molar-refractivity contribution in [2.75, 3.05) is 40.3 Å². The number of amides is 4. The SMILES string of the molecule is CNCCC[C@@H]1NC(=O)[C@@H](NC)Cc2cc(ccc2O)-c2ccc(O)c(c2)C[C@@H](C(=O)N[C@@H](CCN)C(=O)NCCN)NC1=O. The van der Waals surface area contributed by atoms with Crippen LogP contribution in [0.3, 0.4) is 0 Å². The maximum atomic E-state index is 13.7. The van der Waals surface area contributed by atoms with E-state index in [4.69, 9.17) is 11.5 Å². The van der Waals surface area contributed by atoms with Crippen LogP contribution in [0.25, 0.3) is 11.1 Å². The highest BCUT2D eigenvalue weighted by Gasteiger charge is 2.32. The molecule has 0 saturated heterocycles. The minimum absolute atomic E-state index is 0.0118. The summed E-state index contributed by atoms with van der Waals surface area (Å²) in [5, 5.41) is 38.3. The molecule has 3 rings (SSSR count). The van der Waals surface area contributed by atoms with Crippen LogP contribution in [0.5, 0.6) is 11.5 Å². The smallest absolute Gasteiger partial charge is 0.243 e. The molecule has 0 fully saturated rings. The molecule has 0 aromatic heterocycles. The number of benzene rings is 2. The molecule has 246 valence electrons. The lowest BCUT2D eigenvalue weighted by Crippen LogP contribution is -2.58. The number of hydrogen-bond donors (Lipinski definition) is 10. The van der Waals surface area contributed by atoms with Crippen molar-refractivity contribution in [2.45, 2.75) is 56.3 Å². The summed E-state index contributed by atoms with van der Waals surface area (Å²) < 4.78 is 0. The lowest BCUT2D eigenvalue weighted by Gasteiger charge is -2.26. The van der Waals surface area contributed by atoms with Crippen molar-refractivity contribution in [1.29, 1.82) is 0 Å². The van der Waals surface area contributed by atoms with Crippen molar-refractivity contribution < 1.29 is 29.4 Å². The molecule has 0 spiro atoms. The number of aromatic hydroxyl groups is 2. The van der Waals surface area contributed by atoms with Crippen molar-refractivity contribution in [1.82, 2.24) is 31.9 Å². The molecule has 4 amide bonds. The minimum atomic E-state index is -1.23. The van der Waals surface area contributed by atoms with Gasteiger partial charge in [0.25, 0.3) is 0 Å². The van der Waals surface area contributed by atoms with E-state index in [0.29, 0.717) is 35.2 Å². The number of nitrogens with one attached hydrogen (secondary N) is 6. The molecule has 45 heavy (non-hydrogen) atoms. The Morgan fingerprint density at radius 2 is 1.56 bits per heavy atom. The topological polar surface area (TPSA) is 233 Å². The molecule has 14 heteroatoms. The Bertz CT molecular complexity index is 1340. The maximum absolute atomic E-state index is 13.7. The number of hydrogen-bond acceptors (Lipinski definition) is 10. The van der Waals surface area contributed by atoms with E-state index in [2.05, 4.69) is 31.9 Å². The number of fused-ring (bicyclic) bond motifs is 5. The Kier molecular flexibility index (Phi) is 13.5. The van der Waals surface area contributed by atoms with Gasteiger partial charge in [0.05, 0.1) is 6.04 Å². The summed E-state index contributed by atoms with van der Waals surface area (Å²) in [6, 6.07) is 5.89. The number of likely N-dealkylation sites (N-methyl/N-ethyl adjacent to an activating group) is 1. The first-order valence-electron chi connectivity index (χ1n) is 15.2. The molecule has 1 heterocycles. The molecular formula is C31H46N8O6. The molecule has 4 atom stereocenters. The molecule has 0 saturated carbocycles. The number of nitrogens with two attached hydrogens (primary N) is 2. The van der Waals surface area contributed by atoms with E-state index in [1.165, 1.54) is 12.1 Å². The second kappa shape index (κ2) is 17.3. The molecule has 12 N–H and O–H groups in total. The van der Waals surface area contributed by atoms with Crippen LogP contribution in [0.15, 0.2) is 36.4 Å². The number of carbonyl (C=O) groups is 4. The Morgan fingerprint density at radius 3 is 2.13 bits per heavy atom. The normalized spacial score (nSPS) is 19.3. The molecule has 4 bridgehead atoms. The zero-order valence-corrected chi connectivity index (χ0v) is 25.8. The lowest BCUT2D eigenvalue weighted by molar-refractivity contribution is -0.134. The molecule has 0 aliphatic carbocycles. The standard InChI is InChI=1S/C31H46N8O6/c1-34-12-3-4-22-29(43)39-25(31(45)38-23(9-10-32)28(42)36-13-11-33)17-21-15-19(6-8-27(21)41)18-5-7-26(40)20(14-18)16-24(35-2)30(44)37-22/h5-8,14-15,22-25,34-35,40-41H,3-4,9-13,16-17,32-33H2,1-2H3,(H,36,42)(H,37,44)(H,38,45)(H,39,43)/t22-,23-,24-,25-/m0/s1. The van der Waals surface area contributed by atoms with E-state index in [1.54, 1.807) is 38.4 Å². The quantitative estimate of drug-likeness (QED) is 0.120. The number of carbonyl (C=O) groups excluding carboxylic acids is 4. The van der Waals surface area contributed by atoms with E-state index >= 15 is 0 Å². The van der Waals surface area contributed by atoms with Crippen LogP contribution in [0, 0.1) is 0 Å². The van der Waals surface area contributed by atoms with Crippen LogP contribution in [-0.4, -0.2) is 98.3 Å². The van der Waals surface area contributed by atoms with Gasteiger partial charge in [-0.25, -0.2) is 0 Å². The van der Waals surface area contributed by atoms with Gasteiger partial charge in [-0.3, -0.25) is 19.2 Å². The zero-order chi connectivity index (χ0) is 32.9. The van der Waals surface area contributed by atoms with Gasteiger partial charge in [0.1, 0.15) is 29.6 Å². The van der Waals surface area contributed by atoms with Gasteiger partial charge in [-0.05, 0) is 93.0 Å². The fraction of sp³-hybridized carbons (Fsp3) is 0.484. The van der Waals surface area contributed by atoms with E-state index in [9.17, 15) is 29.4 Å². The highest BCUT2D eigenvalue weighted by atomic mass is 16.3. The van der Waals surface area contributed by atoms with Crippen LogP contribution in [0.4, 0.5) is 0 Å². The fourth-order valence-electron chi connectivity index (χ4n) is 5.15. The second-order valence-electron chi connectivity index (χ2n) is 11.0. The summed E-state index contributed by atoms with van der Waals surface area (Å²) in [5.41, 5.74) is 13.5. The molecule has 1 aliphatic rings. The molecule has 2 aromatic rings. The van der Waals surface area contributed by atoms with Crippen molar-refractivity contribution in [3.8, 4) is 22.6 Å². The summed E-state index contributed by atoms with van der Waals surface area (Å²) in [5.74, 6) is -2.28. The van der Waals surface area contributed by atoms with Gasteiger partial charge in [0, 0.05) is 25.9 Å². The highest BCUT2D eigenvalue weighted by Crippen LogP contribution is 2.31. The minimum Gasteiger partial charge on any atom is -0.508 e. The molecule has 14 nitrogen and oxygen atoms in total. The van der Waals surface area contributed by atoms with Crippen molar-refractivity contribution in [3.63, 3.8) is 0 Å². The largest absolute Gasteiger partial charge is 0.508 e. The predicted octanol–water partition coefficient (Wildman–Crippen LogP) is -1.67. The zero-order valence-electron chi connectivity index (χ0n) is 25.8. The average Bonchev–Trinajstić information content (AvgIpc) is 3.02. The third-order valence-corrected chi connectivity index (χ3v) is 7.72. The monoisotopic (exact) mass is 626 g/mol. The Labute approximate surface area is 263 Å². The Hall–Kier alpha value is -4.24. The average molecular weight is 627 g/mol. The number of phenolic OH excluding ortho intramolecular Hbond substituents is 2. The summed E-state index contributed by atoms with van der Waals surface area (Å²) in [6.45, 7) is 1.11. The van der Waals surface area contributed by atoms with Crippen LogP contribution >= 0.6 is 0 Å². The number of phenols is 2. The van der Waals surface area contributed by atoms with Crippen molar-refractivity contribution >= 4 is 23.6 Å². The van der Waals surface area contributed by atoms with E-state index in [0.717, 1.165) is 0 Å². The van der Waals surface area contributed by atoms with Gasteiger partial charge in [0.15, 0.2) is 0 Å². The summed E-state index contributed by atoms with van der Waals surface area (Å²) in [4.78, 5) is 53.7.